The van der Waals surface area contributed by atoms with Gasteiger partial charge in [0.2, 0.25) is 0 Å². The van der Waals surface area contributed by atoms with Crippen LogP contribution in [-0.2, 0) is 16.1 Å². The zero-order valence-electron chi connectivity index (χ0n) is 18.0. The second-order valence-corrected chi connectivity index (χ2v) is 7.00. The van der Waals surface area contributed by atoms with Crippen molar-refractivity contribution in [2.24, 2.45) is 0 Å². The van der Waals surface area contributed by atoms with Gasteiger partial charge in [0.1, 0.15) is 17.6 Å². The summed E-state index contributed by atoms with van der Waals surface area (Å²) in [6.07, 6.45) is -1.65. The second kappa shape index (κ2) is 12.1. The second-order valence-electron chi connectivity index (χ2n) is 7.00. The Morgan fingerprint density at radius 1 is 1.06 bits per heavy atom. The van der Waals surface area contributed by atoms with E-state index in [4.69, 9.17) is 19.3 Å². The number of hydrogen-bond donors (Lipinski definition) is 2. The maximum absolute atomic E-state index is 12.1. The van der Waals surface area contributed by atoms with Gasteiger partial charge in [0, 0.05) is 24.1 Å². The number of carboxylic acid groups (broad SMARTS) is 1. The molecule has 0 heterocycles. The minimum absolute atomic E-state index is 0.0204. The number of non-ortho nitro benzene ring substituents is 1. The molecule has 0 aliphatic carbocycles. The van der Waals surface area contributed by atoms with Crippen LogP contribution in [0.3, 0.4) is 0 Å². The van der Waals surface area contributed by atoms with E-state index in [1.165, 1.54) is 25.1 Å². The molecule has 0 spiro atoms. The molecule has 1 atom stereocenters. The third kappa shape index (κ3) is 7.41. The number of unbranched alkanes of at least 4 members (excludes halogenated alkanes) is 1. The van der Waals surface area contributed by atoms with Crippen LogP contribution in [0.4, 0.5) is 16.2 Å². The van der Waals surface area contributed by atoms with E-state index < -0.39 is 40.4 Å². The fraction of sp³-hybridized carbons (Fsp3) is 0.333. The van der Waals surface area contributed by atoms with Crippen LogP contribution >= 0.6 is 0 Å². The van der Waals surface area contributed by atoms with Crippen LogP contribution in [0.2, 0.25) is 0 Å². The summed E-state index contributed by atoms with van der Waals surface area (Å²) in [6.45, 7) is 0.937. The molecule has 0 saturated heterocycles. The molecule has 0 aromatic heterocycles. The van der Waals surface area contributed by atoms with E-state index in [1.807, 2.05) is 0 Å². The molecule has 13 nitrogen and oxygen atoms in total. The van der Waals surface area contributed by atoms with Crippen molar-refractivity contribution in [3.05, 3.63) is 67.8 Å². The molecule has 182 valence electrons. The SMILES string of the molecule is CC(OC(=O)Oc1ccc([N+](=O)[O-])cc1)c1cc(CO)c(OCCCCC(=O)O)cc1[N+](=O)[O-]. The minimum Gasteiger partial charge on any atom is -0.493 e. The van der Waals surface area contributed by atoms with Gasteiger partial charge in [0.05, 0.1) is 34.7 Å². The molecule has 2 aromatic carbocycles. The molecular weight excluding hydrogens is 456 g/mol. The molecule has 0 fully saturated rings. The fourth-order valence-corrected chi connectivity index (χ4v) is 2.90. The highest BCUT2D eigenvalue weighted by atomic mass is 16.7. The van der Waals surface area contributed by atoms with E-state index >= 15 is 0 Å². The normalized spacial score (nSPS) is 11.4. The monoisotopic (exact) mass is 478 g/mol. The van der Waals surface area contributed by atoms with Gasteiger partial charge in [-0.3, -0.25) is 25.0 Å². The number of rotatable bonds is 12. The lowest BCUT2D eigenvalue weighted by Gasteiger charge is -2.17. The smallest absolute Gasteiger partial charge is 0.493 e. The number of nitrogens with zero attached hydrogens (tertiary/aromatic N) is 2. The van der Waals surface area contributed by atoms with Gasteiger partial charge < -0.3 is 24.4 Å². The molecule has 0 radical (unpaired) electrons. The highest BCUT2D eigenvalue weighted by Gasteiger charge is 2.26. The van der Waals surface area contributed by atoms with Crippen LogP contribution in [-0.4, -0.2) is 38.8 Å². The van der Waals surface area contributed by atoms with Gasteiger partial charge in [-0.25, -0.2) is 4.79 Å². The van der Waals surface area contributed by atoms with E-state index in [0.29, 0.717) is 12.8 Å². The number of aliphatic hydroxyl groups excluding tert-OH is 1. The summed E-state index contributed by atoms with van der Waals surface area (Å²) in [7, 11) is 0. The molecule has 0 bridgehead atoms. The summed E-state index contributed by atoms with van der Waals surface area (Å²) in [4.78, 5) is 43.6. The van der Waals surface area contributed by atoms with E-state index in [2.05, 4.69) is 0 Å². The van der Waals surface area contributed by atoms with E-state index in [9.17, 15) is 34.9 Å². The van der Waals surface area contributed by atoms with Crippen LogP contribution in [0.25, 0.3) is 0 Å². The lowest BCUT2D eigenvalue weighted by molar-refractivity contribution is -0.386. The van der Waals surface area contributed by atoms with Crippen molar-refractivity contribution in [2.45, 2.75) is 38.9 Å². The summed E-state index contributed by atoms with van der Waals surface area (Å²) in [6, 6.07) is 7.02. The van der Waals surface area contributed by atoms with Gasteiger partial charge in [0.15, 0.2) is 0 Å². The first-order valence-electron chi connectivity index (χ1n) is 10.0. The van der Waals surface area contributed by atoms with Crippen molar-refractivity contribution in [2.75, 3.05) is 6.61 Å². The highest BCUT2D eigenvalue weighted by Crippen LogP contribution is 2.35. The number of hydrogen-bond acceptors (Lipinski definition) is 10. The average molecular weight is 478 g/mol. The van der Waals surface area contributed by atoms with Gasteiger partial charge >= 0.3 is 12.1 Å². The van der Waals surface area contributed by atoms with Crippen molar-refractivity contribution >= 4 is 23.5 Å². The molecule has 0 amide bonds. The van der Waals surface area contributed by atoms with Crippen molar-refractivity contribution < 1.29 is 43.9 Å². The van der Waals surface area contributed by atoms with Gasteiger partial charge in [-0.15, -0.1) is 0 Å². The molecule has 1 unspecified atom stereocenters. The van der Waals surface area contributed by atoms with Crippen molar-refractivity contribution in [3.8, 4) is 11.5 Å². The Balaban J connectivity index is 2.12. The van der Waals surface area contributed by atoms with E-state index in [-0.39, 0.29) is 41.3 Å². The van der Waals surface area contributed by atoms with Gasteiger partial charge in [-0.05, 0) is 38.0 Å². The topological polar surface area (TPSA) is 189 Å². The molecule has 2 N–H and O–H groups in total. The number of carbonyl (C=O) groups is 2. The Morgan fingerprint density at radius 3 is 2.29 bits per heavy atom. The maximum atomic E-state index is 12.1. The first-order chi connectivity index (χ1) is 16.1. The third-order valence-electron chi connectivity index (χ3n) is 4.58. The molecular formula is C21H22N2O11. The summed E-state index contributed by atoms with van der Waals surface area (Å²) in [5.74, 6) is -0.925. The Morgan fingerprint density at radius 2 is 1.74 bits per heavy atom. The fourth-order valence-electron chi connectivity index (χ4n) is 2.90. The minimum atomic E-state index is -1.19. The van der Waals surface area contributed by atoms with Crippen LogP contribution in [0, 0.1) is 20.2 Å². The predicted molar refractivity (Wildman–Crippen MR) is 115 cm³/mol. The zero-order chi connectivity index (χ0) is 25.3. The molecule has 2 rings (SSSR count). The maximum Gasteiger partial charge on any atom is 0.514 e. The summed E-state index contributed by atoms with van der Waals surface area (Å²) in [5.41, 5.74) is -0.440. The number of nitro benzene ring substituents is 2. The number of carbonyl (C=O) groups excluding carboxylic acids is 1. The molecule has 2 aromatic rings. The number of aliphatic hydroxyl groups is 1. The summed E-state index contributed by atoms with van der Waals surface area (Å²) >= 11 is 0. The number of ether oxygens (including phenoxy) is 3. The summed E-state index contributed by atoms with van der Waals surface area (Å²) in [5, 5.41) is 40.6. The molecule has 0 saturated carbocycles. The quantitative estimate of drug-likeness (QED) is 0.148. The number of nitro groups is 2. The lowest BCUT2D eigenvalue weighted by Crippen LogP contribution is -2.15. The van der Waals surface area contributed by atoms with Gasteiger partial charge in [0.25, 0.3) is 11.4 Å². The Kier molecular flexibility index (Phi) is 9.26. The van der Waals surface area contributed by atoms with Gasteiger partial charge in [-0.1, -0.05) is 0 Å². The first-order valence-corrected chi connectivity index (χ1v) is 10.0. The largest absolute Gasteiger partial charge is 0.514 e. The van der Waals surface area contributed by atoms with Crippen LogP contribution < -0.4 is 9.47 Å². The number of carboxylic acids is 1. The molecule has 0 aliphatic heterocycles. The Hall–Kier alpha value is -4.26. The first kappa shape index (κ1) is 26.0. The average Bonchev–Trinajstić information content (AvgIpc) is 2.78. The van der Waals surface area contributed by atoms with Crippen molar-refractivity contribution in [3.63, 3.8) is 0 Å². The van der Waals surface area contributed by atoms with E-state index in [0.717, 1.165) is 18.2 Å². The Labute approximate surface area is 192 Å². The van der Waals surface area contributed by atoms with Crippen molar-refractivity contribution in [1.29, 1.82) is 0 Å². The van der Waals surface area contributed by atoms with Crippen LogP contribution in [0.15, 0.2) is 36.4 Å². The van der Waals surface area contributed by atoms with Crippen LogP contribution in [0.1, 0.15) is 43.4 Å². The van der Waals surface area contributed by atoms with Crippen molar-refractivity contribution in [1.82, 2.24) is 0 Å². The predicted octanol–water partition coefficient (Wildman–Crippen LogP) is 3.91. The number of benzene rings is 2. The summed E-state index contributed by atoms with van der Waals surface area (Å²) < 4.78 is 15.5. The molecule has 13 heteroatoms. The van der Waals surface area contributed by atoms with E-state index in [1.54, 1.807) is 0 Å². The van der Waals surface area contributed by atoms with Crippen LogP contribution in [0.5, 0.6) is 11.5 Å². The standard InChI is InChI=1S/C21H22N2O11/c1-13(33-21(27)34-16-7-5-15(6-8-16)22(28)29)17-10-14(12-24)19(11-18(17)23(30)31)32-9-3-2-4-20(25)26/h5-8,10-11,13,24H,2-4,9,12H2,1H3,(H,25,26). The zero-order valence-corrected chi connectivity index (χ0v) is 18.0. The number of aliphatic carboxylic acids is 1. The highest BCUT2D eigenvalue weighted by molar-refractivity contribution is 5.66. The lowest BCUT2D eigenvalue weighted by atomic mass is 10.0. The molecule has 0 aliphatic rings. The molecule has 34 heavy (non-hydrogen) atoms. The van der Waals surface area contributed by atoms with Gasteiger partial charge in [-0.2, -0.15) is 0 Å². The third-order valence-corrected chi connectivity index (χ3v) is 4.58. The Bertz CT molecular complexity index is 1050.